The molecule has 2 aliphatic heterocycles. The van der Waals surface area contributed by atoms with E-state index in [0.29, 0.717) is 34.7 Å². The molecule has 45 heavy (non-hydrogen) atoms. The molecular formula is C35H35N3O7. The van der Waals surface area contributed by atoms with Crippen molar-refractivity contribution in [3.05, 3.63) is 92.8 Å². The first-order valence-electron chi connectivity index (χ1n) is 15.3. The Morgan fingerprint density at radius 3 is 2.53 bits per heavy atom. The molecule has 1 amide bonds. The molecule has 0 aliphatic carbocycles. The number of nitrogens with zero attached hydrogens (tertiary/aromatic N) is 2. The number of carbonyl (C=O) groups excluding carboxylic acids is 3. The third kappa shape index (κ3) is 5.24. The number of amides is 1. The van der Waals surface area contributed by atoms with Crippen molar-refractivity contribution in [3.8, 4) is 11.4 Å². The Labute approximate surface area is 260 Å². The van der Waals surface area contributed by atoms with Crippen molar-refractivity contribution in [1.29, 1.82) is 0 Å². The third-order valence-electron chi connectivity index (χ3n) is 8.54. The average Bonchev–Trinajstić information content (AvgIpc) is 3.41. The van der Waals surface area contributed by atoms with Crippen molar-refractivity contribution in [2.45, 2.75) is 72.3 Å². The van der Waals surface area contributed by atoms with Crippen LogP contribution in [0.3, 0.4) is 0 Å². The van der Waals surface area contributed by atoms with Crippen molar-refractivity contribution in [3.63, 3.8) is 0 Å². The van der Waals surface area contributed by atoms with Gasteiger partial charge in [0.15, 0.2) is 0 Å². The Hall–Kier alpha value is -4.99. The average molecular weight is 610 g/mol. The number of nitrogens with one attached hydrogen (secondary N) is 1. The van der Waals surface area contributed by atoms with Crippen molar-refractivity contribution in [1.82, 2.24) is 9.55 Å². The molecule has 0 unspecified atom stereocenters. The van der Waals surface area contributed by atoms with Gasteiger partial charge in [0.1, 0.15) is 13.2 Å². The number of aryl methyl sites for hydroxylation is 1. The van der Waals surface area contributed by atoms with Crippen LogP contribution < -0.4 is 10.9 Å². The normalized spacial score (nSPS) is 16.5. The van der Waals surface area contributed by atoms with Crippen LogP contribution in [0.2, 0.25) is 0 Å². The molecular weight excluding hydrogens is 574 g/mol. The number of benzene rings is 2. The number of aromatic nitrogens is 2. The summed E-state index contributed by atoms with van der Waals surface area (Å²) < 4.78 is 18.3. The van der Waals surface area contributed by atoms with E-state index in [1.807, 2.05) is 18.2 Å². The summed E-state index contributed by atoms with van der Waals surface area (Å²) in [4.78, 5) is 57.2. The number of ether oxygens (including phenoxy) is 3. The maximum Gasteiger partial charge on any atom is 0.510 e. The van der Waals surface area contributed by atoms with Gasteiger partial charge in [-0.1, -0.05) is 64.4 Å². The molecule has 0 radical (unpaired) electrons. The second kappa shape index (κ2) is 11.8. The predicted molar refractivity (Wildman–Crippen MR) is 167 cm³/mol. The molecule has 6 rings (SSSR count). The zero-order valence-electron chi connectivity index (χ0n) is 25.8. The molecule has 2 aromatic carbocycles. The van der Waals surface area contributed by atoms with Gasteiger partial charge in [0.05, 0.1) is 29.0 Å². The number of carbonyl (C=O) groups is 3. The standard InChI is InChI=1S/C35H35N3O7/c1-5-9-23-24-10-7-8-11-28(24)37-30-25(23)17-38-29(30)16-27-26(32(38)40)19-43-33(41)35(27,6-2)45-34(42)44-18-21-12-14-22(15-13-21)36-31(39)20(3)4/h7-8,10-16,20H,5-6,9,17-19H2,1-4H3,(H,36,39)/t35-/m0/s1. The first-order valence-corrected chi connectivity index (χ1v) is 15.3. The molecule has 0 bridgehead atoms. The lowest BCUT2D eigenvalue weighted by molar-refractivity contribution is -0.175. The van der Waals surface area contributed by atoms with Crippen molar-refractivity contribution < 1.29 is 28.6 Å². The van der Waals surface area contributed by atoms with Gasteiger partial charge in [0.25, 0.3) is 5.56 Å². The lowest BCUT2D eigenvalue weighted by Crippen LogP contribution is -2.47. The fourth-order valence-corrected chi connectivity index (χ4v) is 6.09. The van der Waals surface area contributed by atoms with Gasteiger partial charge in [-0.15, -0.1) is 0 Å². The van der Waals surface area contributed by atoms with Gasteiger partial charge in [-0.3, -0.25) is 9.59 Å². The largest absolute Gasteiger partial charge is 0.510 e. The van der Waals surface area contributed by atoms with E-state index < -0.39 is 17.7 Å². The second-order valence-corrected chi connectivity index (χ2v) is 11.7. The highest BCUT2D eigenvalue weighted by Crippen LogP contribution is 2.42. The first-order chi connectivity index (χ1) is 21.7. The highest BCUT2D eigenvalue weighted by atomic mass is 16.7. The van der Waals surface area contributed by atoms with Gasteiger partial charge in [-0.05, 0) is 48.2 Å². The highest BCUT2D eigenvalue weighted by Gasteiger charge is 2.51. The summed E-state index contributed by atoms with van der Waals surface area (Å²) in [5.41, 5.74) is 3.90. The van der Waals surface area contributed by atoms with E-state index in [1.165, 1.54) is 0 Å². The van der Waals surface area contributed by atoms with E-state index in [-0.39, 0.29) is 42.6 Å². The number of anilines is 1. The molecule has 1 atom stereocenters. The van der Waals surface area contributed by atoms with Crippen molar-refractivity contribution >= 4 is 34.6 Å². The minimum Gasteiger partial charge on any atom is -0.457 e. The van der Waals surface area contributed by atoms with Crippen LogP contribution in [0.1, 0.15) is 68.4 Å². The molecule has 232 valence electrons. The summed E-state index contributed by atoms with van der Waals surface area (Å²) in [7, 11) is 0. The Morgan fingerprint density at radius 1 is 1.07 bits per heavy atom. The van der Waals surface area contributed by atoms with Crippen LogP contribution in [0.4, 0.5) is 10.5 Å². The molecule has 1 N–H and O–H groups in total. The fraction of sp³-hybridized carbons (Fsp3) is 0.343. The minimum absolute atomic E-state index is 0.0279. The molecule has 0 fully saturated rings. The van der Waals surface area contributed by atoms with Gasteiger partial charge in [0, 0.05) is 28.1 Å². The quantitative estimate of drug-likeness (QED) is 0.213. The van der Waals surface area contributed by atoms with Crippen LogP contribution in [-0.2, 0) is 55.6 Å². The summed E-state index contributed by atoms with van der Waals surface area (Å²) in [5.74, 6) is -1.03. The fourth-order valence-electron chi connectivity index (χ4n) is 6.09. The molecule has 0 spiro atoms. The number of fused-ring (bicyclic) bond motifs is 5. The zero-order valence-corrected chi connectivity index (χ0v) is 25.8. The van der Waals surface area contributed by atoms with E-state index in [2.05, 4.69) is 18.3 Å². The lowest BCUT2D eigenvalue weighted by atomic mass is 9.85. The summed E-state index contributed by atoms with van der Waals surface area (Å²) in [6.45, 7) is 7.43. The number of esters is 1. The van der Waals surface area contributed by atoms with Crippen LogP contribution in [0.25, 0.3) is 22.3 Å². The monoisotopic (exact) mass is 609 g/mol. The Balaban J connectivity index is 1.31. The summed E-state index contributed by atoms with van der Waals surface area (Å²) in [5, 5.41) is 3.87. The smallest absolute Gasteiger partial charge is 0.457 e. The van der Waals surface area contributed by atoms with Crippen molar-refractivity contribution in [2.24, 2.45) is 5.92 Å². The highest BCUT2D eigenvalue weighted by molar-refractivity contribution is 5.92. The molecule has 4 aromatic rings. The molecule has 2 aliphatic rings. The number of hydrogen-bond acceptors (Lipinski definition) is 8. The SMILES string of the molecule is CCCc1c2c(nc3ccccc13)-c1cc3c(c(=O)n1C2)COC(=O)[C@@]3(CC)OC(=O)OCc1ccc(NC(=O)C(C)C)cc1. The van der Waals surface area contributed by atoms with E-state index in [0.717, 1.165) is 34.9 Å². The third-order valence-corrected chi connectivity index (χ3v) is 8.54. The summed E-state index contributed by atoms with van der Waals surface area (Å²) in [6.07, 6.45) is 0.714. The molecule has 4 heterocycles. The van der Waals surface area contributed by atoms with E-state index in [9.17, 15) is 19.2 Å². The van der Waals surface area contributed by atoms with Crippen LogP contribution in [-0.4, -0.2) is 27.6 Å². The summed E-state index contributed by atoms with van der Waals surface area (Å²) in [6, 6.07) is 16.5. The second-order valence-electron chi connectivity index (χ2n) is 11.7. The molecule has 0 saturated heterocycles. The van der Waals surface area contributed by atoms with Crippen molar-refractivity contribution in [2.75, 3.05) is 5.32 Å². The molecule has 2 aromatic heterocycles. The van der Waals surface area contributed by atoms with E-state index >= 15 is 0 Å². The predicted octanol–water partition coefficient (Wildman–Crippen LogP) is 5.99. The topological polar surface area (TPSA) is 126 Å². The number of cyclic esters (lactones) is 1. The Bertz CT molecular complexity index is 1890. The number of para-hydroxylation sites is 1. The number of pyridine rings is 2. The van der Waals surface area contributed by atoms with Crippen LogP contribution >= 0.6 is 0 Å². The molecule has 10 nitrogen and oxygen atoms in total. The number of hydrogen-bond donors (Lipinski definition) is 1. The Kier molecular flexibility index (Phi) is 7.90. The number of rotatable bonds is 8. The Morgan fingerprint density at radius 2 is 1.82 bits per heavy atom. The zero-order chi connectivity index (χ0) is 31.9. The van der Waals surface area contributed by atoms with E-state index in [1.54, 1.807) is 55.7 Å². The maximum absolute atomic E-state index is 13.9. The first kappa shape index (κ1) is 30.1. The van der Waals surface area contributed by atoms with Crippen LogP contribution in [0.15, 0.2) is 59.4 Å². The van der Waals surface area contributed by atoms with Gasteiger partial charge in [0.2, 0.25) is 11.5 Å². The van der Waals surface area contributed by atoms with Gasteiger partial charge in [-0.2, -0.15) is 0 Å². The lowest BCUT2D eigenvalue weighted by Gasteiger charge is -2.35. The summed E-state index contributed by atoms with van der Waals surface area (Å²) >= 11 is 0. The van der Waals surface area contributed by atoms with Gasteiger partial charge >= 0.3 is 12.1 Å². The van der Waals surface area contributed by atoms with Gasteiger partial charge in [-0.25, -0.2) is 14.6 Å². The van der Waals surface area contributed by atoms with Gasteiger partial charge < -0.3 is 24.1 Å². The van der Waals surface area contributed by atoms with Crippen LogP contribution in [0, 0.1) is 5.92 Å². The van der Waals surface area contributed by atoms with Crippen LogP contribution in [0.5, 0.6) is 0 Å². The maximum atomic E-state index is 13.9. The molecule has 0 saturated carbocycles. The minimum atomic E-state index is -1.86. The molecule has 10 heteroatoms. The van der Waals surface area contributed by atoms with E-state index in [4.69, 9.17) is 19.2 Å².